The van der Waals surface area contributed by atoms with E-state index in [-0.39, 0.29) is 0 Å². The quantitative estimate of drug-likeness (QED) is 0.403. The highest BCUT2D eigenvalue weighted by atomic mass is 14.0. The van der Waals surface area contributed by atoms with Crippen molar-refractivity contribution in [3.05, 3.63) is 18.1 Å². The van der Waals surface area contributed by atoms with Gasteiger partial charge in [-0.05, 0) is 12.3 Å². The minimum Gasteiger partial charge on any atom is -0.0871 e. The summed E-state index contributed by atoms with van der Waals surface area (Å²) >= 11 is 0. The van der Waals surface area contributed by atoms with Crippen LogP contribution in [0.2, 0.25) is 0 Å². The van der Waals surface area contributed by atoms with E-state index >= 15 is 0 Å². The summed E-state index contributed by atoms with van der Waals surface area (Å²) < 4.78 is 0. The zero-order valence-corrected chi connectivity index (χ0v) is 3.36. The number of allylic oxidation sites excluding steroid dienone is 2. The highest BCUT2D eigenvalue weighted by Crippen LogP contribution is 2.16. The minimum absolute atomic E-state index is 1.22. The van der Waals surface area contributed by atoms with Gasteiger partial charge in [0.1, 0.15) is 0 Å². The standard InChI is InChI=1S/C5H7/c1-5-3-2-4-5/h2-3H,4H2,1H3. The largest absolute Gasteiger partial charge is 0.0871 e. The van der Waals surface area contributed by atoms with Crippen molar-refractivity contribution >= 4 is 0 Å². The maximum absolute atomic E-state index is 2.16. The summed E-state index contributed by atoms with van der Waals surface area (Å²) in [6.07, 6.45) is 5.52. The van der Waals surface area contributed by atoms with E-state index in [1.54, 1.807) is 0 Å². The molecule has 0 aromatic carbocycles. The predicted molar refractivity (Wildman–Crippen MR) is 22.7 cm³/mol. The Balaban J connectivity index is 2.39. The molecule has 1 rings (SSSR count). The second-order valence-corrected chi connectivity index (χ2v) is 1.45. The minimum atomic E-state index is 1.22. The number of hydrogen-bond donors (Lipinski definition) is 0. The number of hydrogen-bond acceptors (Lipinski definition) is 0. The molecule has 0 atom stereocenters. The molecule has 0 heteroatoms. The first kappa shape index (κ1) is 2.95. The van der Waals surface area contributed by atoms with E-state index in [0.717, 1.165) is 0 Å². The highest BCUT2D eigenvalue weighted by molar-refractivity contribution is 5.20. The summed E-state index contributed by atoms with van der Waals surface area (Å²) in [6, 6.07) is 0. The lowest BCUT2D eigenvalue weighted by Crippen LogP contribution is -1.90. The normalized spacial score (nSPS) is 22.6. The molecule has 5 heavy (non-hydrogen) atoms. The molecule has 0 N–H and O–H groups in total. The first-order chi connectivity index (χ1) is 2.39. The van der Waals surface area contributed by atoms with E-state index in [9.17, 15) is 0 Å². The van der Waals surface area contributed by atoms with Gasteiger partial charge in [0.2, 0.25) is 0 Å². The first-order valence-electron chi connectivity index (χ1n) is 1.88. The van der Waals surface area contributed by atoms with E-state index < -0.39 is 0 Å². The maximum atomic E-state index is 2.16. The summed E-state index contributed by atoms with van der Waals surface area (Å²) in [7, 11) is 0. The zero-order chi connectivity index (χ0) is 3.70. The maximum Gasteiger partial charge on any atom is -0.00209 e. The van der Waals surface area contributed by atoms with E-state index in [1.165, 1.54) is 12.3 Å². The highest BCUT2D eigenvalue weighted by Gasteiger charge is 1.99. The van der Waals surface area contributed by atoms with E-state index in [1.807, 2.05) is 0 Å². The van der Waals surface area contributed by atoms with Crippen LogP contribution in [0.15, 0.2) is 12.2 Å². The second kappa shape index (κ2) is 0.852. The van der Waals surface area contributed by atoms with Crippen LogP contribution in [0, 0.1) is 5.92 Å². The first-order valence-corrected chi connectivity index (χ1v) is 1.88. The van der Waals surface area contributed by atoms with Crippen LogP contribution in [-0.4, -0.2) is 0 Å². The van der Waals surface area contributed by atoms with Gasteiger partial charge in [-0.2, -0.15) is 0 Å². The molecule has 0 fully saturated rings. The van der Waals surface area contributed by atoms with Crippen molar-refractivity contribution in [2.45, 2.75) is 13.3 Å². The van der Waals surface area contributed by atoms with Crippen molar-refractivity contribution in [3.63, 3.8) is 0 Å². The Kier molecular flexibility index (Phi) is 0.503. The zero-order valence-electron chi connectivity index (χ0n) is 3.36. The molecule has 0 heterocycles. The number of rotatable bonds is 0. The monoisotopic (exact) mass is 67.1 g/mol. The van der Waals surface area contributed by atoms with Crippen LogP contribution >= 0.6 is 0 Å². The average molecular weight is 67.1 g/mol. The van der Waals surface area contributed by atoms with Crippen molar-refractivity contribution in [2.24, 2.45) is 0 Å². The summed E-state index contributed by atoms with van der Waals surface area (Å²) in [5, 5.41) is 0. The Morgan fingerprint density at radius 2 is 2.20 bits per heavy atom. The smallest absolute Gasteiger partial charge is 0.00209 e. The molecule has 0 aromatic rings. The van der Waals surface area contributed by atoms with Crippen LogP contribution in [-0.2, 0) is 0 Å². The van der Waals surface area contributed by atoms with Crippen molar-refractivity contribution in [1.29, 1.82) is 0 Å². The van der Waals surface area contributed by atoms with Gasteiger partial charge >= 0.3 is 0 Å². The summed E-state index contributed by atoms with van der Waals surface area (Å²) in [5.41, 5.74) is 0. The topological polar surface area (TPSA) is 0 Å². The second-order valence-electron chi connectivity index (χ2n) is 1.45. The Hall–Kier alpha value is -0.260. The Labute approximate surface area is 32.5 Å². The van der Waals surface area contributed by atoms with Gasteiger partial charge in [0.05, 0.1) is 0 Å². The molecule has 0 saturated carbocycles. The summed E-state index contributed by atoms with van der Waals surface area (Å²) in [4.78, 5) is 0. The molecule has 0 aliphatic heterocycles. The Morgan fingerprint density at radius 3 is 2.20 bits per heavy atom. The molecule has 1 aliphatic carbocycles. The molecular formula is C5H7. The third-order valence-corrected chi connectivity index (χ3v) is 0.842. The van der Waals surface area contributed by atoms with Crippen molar-refractivity contribution in [1.82, 2.24) is 0 Å². The fourth-order valence-corrected chi connectivity index (χ4v) is 0.354. The van der Waals surface area contributed by atoms with E-state index in [4.69, 9.17) is 0 Å². The van der Waals surface area contributed by atoms with Gasteiger partial charge in [-0.1, -0.05) is 19.1 Å². The molecule has 0 nitrogen and oxygen atoms in total. The SMILES string of the molecule is C[C]1C=CC1. The van der Waals surface area contributed by atoms with Gasteiger partial charge in [-0.25, -0.2) is 0 Å². The van der Waals surface area contributed by atoms with Gasteiger partial charge in [-0.3, -0.25) is 0 Å². The predicted octanol–water partition coefficient (Wildman–Crippen LogP) is 1.54. The fraction of sp³-hybridized carbons (Fsp3) is 0.400. The average Bonchev–Trinajstić information content (AvgIpc) is 1.30. The Morgan fingerprint density at radius 1 is 1.80 bits per heavy atom. The van der Waals surface area contributed by atoms with Gasteiger partial charge in [0.15, 0.2) is 0 Å². The summed E-state index contributed by atoms with van der Waals surface area (Å²) in [5.74, 6) is 1.50. The molecule has 0 saturated heterocycles. The van der Waals surface area contributed by atoms with Gasteiger partial charge < -0.3 is 0 Å². The van der Waals surface area contributed by atoms with Crippen LogP contribution in [0.25, 0.3) is 0 Å². The lowest BCUT2D eigenvalue weighted by molar-refractivity contribution is 0.992. The third-order valence-electron chi connectivity index (χ3n) is 0.842. The molecule has 0 bridgehead atoms. The molecule has 0 aromatic heterocycles. The molecular weight excluding hydrogens is 60.1 g/mol. The Bertz CT molecular complexity index is 53.1. The lowest BCUT2D eigenvalue weighted by atomic mass is 9.98. The van der Waals surface area contributed by atoms with Crippen LogP contribution in [0.5, 0.6) is 0 Å². The molecule has 27 valence electrons. The lowest BCUT2D eigenvalue weighted by Gasteiger charge is -2.07. The van der Waals surface area contributed by atoms with Crippen LogP contribution < -0.4 is 0 Å². The van der Waals surface area contributed by atoms with E-state index in [0.29, 0.717) is 0 Å². The van der Waals surface area contributed by atoms with Crippen molar-refractivity contribution in [2.75, 3.05) is 0 Å². The molecule has 1 aliphatic rings. The molecule has 1 radical (unpaired) electrons. The molecule has 0 unspecified atom stereocenters. The molecule has 0 spiro atoms. The van der Waals surface area contributed by atoms with Crippen molar-refractivity contribution in [3.8, 4) is 0 Å². The van der Waals surface area contributed by atoms with Crippen molar-refractivity contribution < 1.29 is 0 Å². The van der Waals surface area contributed by atoms with Gasteiger partial charge in [-0.15, -0.1) is 0 Å². The van der Waals surface area contributed by atoms with Crippen LogP contribution in [0.3, 0.4) is 0 Å². The van der Waals surface area contributed by atoms with Crippen LogP contribution in [0.4, 0.5) is 0 Å². The third kappa shape index (κ3) is 0.344. The van der Waals surface area contributed by atoms with E-state index in [2.05, 4.69) is 19.1 Å². The van der Waals surface area contributed by atoms with Gasteiger partial charge in [0.25, 0.3) is 0 Å². The van der Waals surface area contributed by atoms with Gasteiger partial charge in [0, 0.05) is 0 Å². The van der Waals surface area contributed by atoms with Crippen LogP contribution in [0.1, 0.15) is 13.3 Å². The fourth-order valence-electron chi connectivity index (χ4n) is 0.354. The molecule has 0 amide bonds. The summed E-state index contributed by atoms with van der Waals surface area (Å²) in [6.45, 7) is 2.14.